The van der Waals surface area contributed by atoms with E-state index in [0.717, 1.165) is 12.8 Å². The van der Waals surface area contributed by atoms with E-state index in [1.807, 2.05) is 6.92 Å². The minimum absolute atomic E-state index is 0.0198. The van der Waals surface area contributed by atoms with Gasteiger partial charge in [-0.25, -0.2) is 5.10 Å². The number of carbonyl (C=O) groups excluding carboxylic acids is 1. The van der Waals surface area contributed by atoms with Crippen molar-refractivity contribution in [2.75, 3.05) is 5.32 Å². The van der Waals surface area contributed by atoms with Gasteiger partial charge >= 0.3 is 0 Å². The normalized spacial score (nSPS) is 9.75. The molecule has 0 aliphatic carbocycles. The number of aromatic nitrogens is 3. The molecule has 0 bridgehead atoms. The molecule has 5 nitrogen and oxygen atoms in total. The molecule has 0 aliphatic rings. The molecule has 0 radical (unpaired) electrons. The van der Waals surface area contributed by atoms with Crippen molar-refractivity contribution >= 4 is 11.9 Å². The maximum atomic E-state index is 11.1. The van der Waals surface area contributed by atoms with Gasteiger partial charge in [0.1, 0.15) is 6.33 Å². The van der Waals surface area contributed by atoms with Crippen LogP contribution in [-0.4, -0.2) is 21.1 Å². The van der Waals surface area contributed by atoms with Gasteiger partial charge in [0.05, 0.1) is 0 Å². The van der Waals surface area contributed by atoms with Gasteiger partial charge in [-0.05, 0) is 6.42 Å². The second-order valence-electron chi connectivity index (χ2n) is 2.49. The van der Waals surface area contributed by atoms with Crippen LogP contribution in [0.1, 0.15) is 26.2 Å². The number of nitrogens with one attached hydrogen (secondary N) is 2. The molecule has 66 valence electrons. The highest BCUT2D eigenvalue weighted by atomic mass is 16.1. The van der Waals surface area contributed by atoms with Crippen molar-refractivity contribution in [1.82, 2.24) is 15.2 Å². The average Bonchev–Trinajstić information content (AvgIpc) is 2.53. The summed E-state index contributed by atoms with van der Waals surface area (Å²) in [5.41, 5.74) is 0. The summed E-state index contributed by atoms with van der Waals surface area (Å²) in [7, 11) is 0. The first-order chi connectivity index (χ1) is 5.83. The van der Waals surface area contributed by atoms with Crippen LogP contribution in [0.4, 0.5) is 5.95 Å². The Balaban J connectivity index is 2.27. The van der Waals surface area contributed by atoms with Crippen LogP contribution in [0.2, 0.25) is 0 Å². The Hall–Kier alpha value is -1.39. The van der Waals surface area contributed by atoms with Gasteiger partial charge in [0.15, 0.2) is 0 Å². The highest BCUT2D eigenvalue weighted by Gasteiger charge is 2.01. The predicted molar refractivity (Wildman–Crippen MR) is 44.5 cm³/mol. The number of nitrogens with zero attached hydrogens (tertiary/aromatic N) is 2. The van der Waals surface area contributed by atoms with Crippen LogP contribution in [0.3, 0.4) is 0 Å². The molecule has 0 saturated carbocycles. The molecule has 5 heteroatoms. The Labute approximate surface area is 70.6 Å². The molecular formula is C7H12N4O. The van der Waals surface area contributed by atoms with E-state index in [0.29, 0.717) is 12.4 Å². The monoisotopic (exact) mass is 168 g/mol. The van der Waals surface area contributed by atoms with Crippen LogP contribution < -0.4 is 5.32 Å². The lowest BCUT2D eigenvalue weighted by molar-refractivity contribution is -0.116. The Morgan fingerprint density at radius 2 is 2.58 bits per heavy atom. The summed E-state index contributed by atoms with van der Waals surface area (Å²) in [4.78, 5) is 14.8. The fourth-order valence-corrected chi connectivity index (χ4v) is 0.798. The molecular weight excluding hydrogens is 156 g/mol. The number of aromatic amines is 1. The second kappa shape index (κ2) is 4.48. The summed E-state index contributed by atoms with van der Waals surface area (Å²) in [6.45, 7) is 2.04. The Kier molecular flexibility index (Phi) is 3.25. The van der Waals surface area contributed by atoms with Crippen LogP contribution in [0.15, 0.2) is 6.33 Å². The zero-order valence-electron chi connectivity index (χ0n) is 7.00. The third-order valence-corrected chi connectivity index (χ3v) is 1.43. The molecule has 1 aromatic rings. The molecule has 0 aliphatic heterocycles. The zero-order valence-corrected chi connectivity index (χ0v) is 7.00. The smallest absolute Gasteiger partial charge is 0.226 e. The van der Waals surface area contributed by atoms with Crippen molar-refractivity contribution in [2.24, 2.45) is 0 Å². The number of carbonyl (C=O) groups is 1. The fraction of sp³-hybridized carbons (Fsp3) is 0.571. The lowest BCUT2D eigenvalue weighted by Gasteiger charge is -1.98. The number of H-pyrrole nitrogens is 1. The number of unbranched alkanes of at least 4 members (excludes halogenated alkanes) is 1. The predicted octanol–water partition coefficient (Wildman–Crippen LogP) is 0.933. The molecule has 1 rings (SSSR count). The van der Waals surface area contributed by atoms with Crippen molar-refractivity contribution in [3.8, 4) is 0 Å². The number of amides is 1. The molecule has 1 aromatic heterocycles. The van der Waals surface area contributed by atoms with E-state index in [-0.39, 0.29) is 5.91 Å². The van der Waals surface area contributed by atoms with E-state index in [1.165, 1.54) is 6.33 Å². The summed E-state index contributed by atoms with van der Waals surface area (Å²) >= 11 is 0. The Bertz CT molecular complexity index is 232. The van der Waals surface area contributed by atoms with Gasteiger partial charge in [-0.1, -0.05) is 13.3 Å². The molecule has 0 fully saturated rings. The summed E-state index contributed by atoms with van der Waals surface area (Å²) in [5.74, 6) is 0.393. The largest absolute Gasteiger partial charge is 0.295 e. The van der Waals surface area contributed by atoms with Crippen LogP contribution in [0.5, 0.6) is 0 Å². The molecule has 12 heavy (non-hydrogen) atoms. The maximum absolute atomic E-state index is 11.1. The van der Waals surface area contributed by atoms with Gasteiger partial charge in [-0.3, -0.25) is 10.1 Å². The van der Waals surface area contributed by atoms with E-state index in [4.69, 9.17) is 0 Å². The first kappa shape index (κ1) is 8.70. The van der Waals surface area contributed by atoms with E-state index in [9.17, 15) is 4.79 Å². The highest BCUT2D eigenvalue weighted by Crippen LogP contribution is 1.98. The van der Waals surface area contributed by atoms with Crippen molar-refractivity contribution < 1.29 is 4.79 Å². The van der Waals surface area contributed by atoms with Gasteiger partial charge < -0.3 is 0 Å². The fourth-order valence-electron chi connectivity index (χ4n) is 0.798. The number of rotatable bonds is 4. The summed E-state index contributed by atoms with van der Waals surface area (Å²) in [5, 5.41) is 8.74. The molecule has 0 saturated heterocycles. The molecule has 1 amide bonds. The van der Waals surface area contributed by atoms with Crippen molar-refractivity contribution in [2.45, 2.75) is 26.2 Å². The van der Waals surface area contributed by atoms with Gasteiger partial charge in [-0.2, -0.15) is 10.1 Å². The third-order valence-electron chi connectivity index (χ3n) is 1.43. The molecule has 1 heterocycles. The van der Waals surface area contributed by atoms with Crippen molar-refractivity contribution in [1.29, 1.82) is 0 Å². The summed E-state index contributed by atoms with van der Waals surface area (Å²) in [6, 6.07) is 0. The summed E-state index contributed by atoms with van der Waals surface area (Å²) in [6.07, 6.45) is 3.82. The van der Waals surface area contributed by atoms with Gasteiger partial charge in [0, 0.05) is 6.42 Å². The van der Waals surface area contributed by atoms with E-state index < -0.39 is 0 Å². The average molecular weight is 168 g/mol. The summed E-state index contributed by atoms with van der Waals surface area (Å²) < 4.78 is 0. The number of anilines is 1. The van der Waals surface area contributed by atoms with E-state index in [2.05, 4.69) is 20.5 Å². The SMILES string of the molecule is CCCCC(=O)Nc1ncn[nH]1. The van der Waals surface area contributed by atoms with Gasteiger partial charge in [-0.15, -0.1) is 0 Å². The molecule has 0 unspecified atom stereocenters. The van der Waals surface area contributed by atoms with E-state index >= 15 is 0 Å². The molecule has 0 spiro atoms. The van der Waals surface area contributed by atoms with Crippen LogP contribution in [0, 0.1) is 0 Å². The number of hydrogen-bond acceptors (Lipinski definition) is 3. The minimum Gasteiger partial charge on any atom is -0.295 e. The minimum atomic E-state index is -0.0198. The highest BCUT2D eigenvalue weighted by molar-refractivity contribution is 5.88. The van der Waals surface area contributed by atoms with Crippen LogP contribution in [0.25, 0.3) is 0 Å². The third kappa shape index (κ3) is 2.69. The maximum Gasteiger partial charge on any atom is 0.226 e. The molecule has 0 aromatic carbocycles. The lowest BCUT2D eigenvalue weighted by Crippen LogP contribution is -2.11. The number of hydrogen-bond donors (Lipinski definition) is 2. The quantitative estimate of drug-likeness (QED) is 0.702. The Morgan fingerprint density at radius 1 is 1.75 bits per heavy atom. The van der Waals surface area contributed by atoms with Crippen molar-refractivity contribution in [3.63, 3.8) is 0 Å². The topological polar surface area (TPSA) is 70.7 Å². The van der Waals surface area contributed by atoms with Gasteiger partial charge in [0.25, 0.3) is 0 Å². The Morgan fingerprint density at radius 3 is 3.17 bits per heavy atom. The van der Waals surface area contributed by atoms with Crippen LogP contribution >= 0.6 is 0 Å². The first-order valence-electron chi connectivity index (χ1n) is 3.98. The first-order valence-corrected chi connectivity index (χ1v) is 3.98. The van der Waals surface area contributed by atoms with E-state index in [1.54, 1.807) is 0 Å². The van der Waals surface area contributed by atoms with Gasteiger partial charge in [0.2, 0.25) is 11.9 Å². The molecule has 0 atom stereocenters. The standard InChI is InChI=1S/C7H12N4O/c1-2-3-4-6(12)10-7-8-5-9-11-7/h5H,2-4H2,1H3,(H2,8,9,10,11,12). The van der Waals surface area contributed by atoms with Crippen molar-refractivity contribution in [3.05, 3.63) is 6.33 Å². The lowest BCUT2D eigenvalue weighted by atomic mass is 10.2. The molecule has 2 N–H and O–H groups in total. The second-order valence-corrected chi connectivity index (χ2v) is 2.49. The van der Waals surface area contributed by atoms with Crippen LogP contribution in [-0.2, 0) is 4.79 Å². The zero-order chi connectivity index (χ0) is 8.81.